The van der Waals surface area contributed by atoms with Crippen LogP contribution >= 0.6 is 11.8 Å². The zero-order chi connectivity index (χ0) is 21.2. The number of esters is 1. The second-order valence-electron chi connectivity index (χ2n) is 7.35. The van der Waals surface area contributed by atoms with Crippen molar-refractivity contribution in [1.82, 2.24) is 4.57 Å². The van der Waals surface area contributed by atoms with Gasteiger partial charge in [0, 0.05) is 27.9 Å². The lowest BCUT2D eigenvalue weighted by Gasteiger charge is -2.16. The number of benzene rings is 1. The van der Waals surface area contributed by atoms with Gasteiger partial charge in [0.1, 0.15) is 0 Å². The summed E-state index contributed by atoms with van der Waals surface area (Å²) in [4.78, 5) is 25.6. The molecule has 1 aromatic heterocycles. The Hall–Kier alpha value is -2.06. The summed E-state index contributed by atoms with van der Waals surface area (Å²) in [6, 6.07) is 9.37. The summed E-state index contributed by atoms with van der Waals surface area (Å²) in [5, 5.41) is 0. The third kappa shape index (κ3) is 5.11. The lowest BCUT2D eigenvalue weighted by atomic mass is 10.1. The van der Waals surface area contributed by atoms with Crippen molar-refractivity contribution in [3.8, 4) is 0 Å². The molecule has 2 heterocycles. The first-order valence-electron chi connectivity index (χ1n) is 9.44. The van der Waals surface area contributed by atoms with Crippen LogP contribution in [-0.4, -0.2) is 48.6 Å². The van der Waals surface area contributed by atoms with E-state index in [4.69, 9.17) is 4.74 Å². The number of ketones is 1. The highest BCUT2D eigenvalue weighted by Crippen LogP contribution is 2.29. The molecular weight excluding hydrogens is 410 g/mol. The Bertz CT molecular complexity index is 1040. The van der Waals surface area contributed by atoms with E-state index < -0.39 is 15.8 Å². The van der Waals surface area contributed by atoms with Crippen LogP contribution in [0.25, 0.3) is 0 Å². The number of aromatic nitrogens is 1. The zero-order valence-corrected chi connectivity index (χ0v) is 18.4. The first-order valence-corrected chi connectivity index (χ1v) is 12.2. The topological polar surface area (TPSA) is 82.4 Å². The lowest BCUT2D eigenvalue weighted by molar-refractivity contribution is -0.139. The SMILES string of the molecule is Cc1ccccc1SCC(=O)OCC(=O)c1cc(C)n(C2CCS(=O)(=O)C2)c1C. The van der Waals surface area contributed by atoms with E-state index in [9.17, 15) is 18.0 Å². The predicted octanol–water partition coefficient (Wildman–Crippen LogP) is 3.29. The van der Waals surface area contributed by atoms with Crippen LogP contribution in [0, 0.1) is 20.8 Å². The Kier molecular flexibility index (Phi) is 6.53. The summed E-state index contributed by atoms with van der Waals surface area (Å²) in [6.07, 6.45) is 0.553. The van der Waals surface area contributed by atoms with Crippen molar-refractivity contribution in [3.63, 3.8) is 0 Å². The molecule has 1 unspecified atom stereocenters. The van der Waals surface area contributed by atoms with Gasteiger partial charge in [-0.3, -0.25) is 9.59 Å². The highest BCUT2D eigenvalue weighted by Gasteiger charge is 2.31. The molecule has 0 radical (unpaired) electrons. The number of carbonyl (C=O) groups is 2. The van der Waals surface area contributed by atoms with Crippen LogP contribution < -0.4 is 0 Å². The van der Waals surface area contributed by atoms with E-state index in [1.165, 1.54) is 11.8 Å². The Morgan fingerprint density at radius 3 is 2.59 bits per heavy atom. The summed E-state index contributed by atoms with van der Waals surface area (Å²) in [7, 11) is -3.02. The van der Waals surface area contributed by atoms with Crippen LogP contribution in [-0.2, 0) is 19.4 Å². The van der Waals surface area contributed by atoms with E-state index in [0.29, 0.717) is 12.0 Å². The average Bonchev–Trinajstić information content (AvgIpc) is 3.17. The van der Waals surface area contributed by atoms with Crippen molar-refractivity contribution >= 4 is 33.4 Å². The van der Waals surface area contributed by atoms with E-state index >= 15 is 0 Å². The van der Waals surface area contributed by atoms with Gasteiger partial charge >= 0.3 is 5.97 Å². The van der Waals surface area contributed by atoms with E-state index in [-0.39, 0.29) is 35.7 Å². The first-order chi connectivity index (χ1) is 13.7. The van der Waals surface area contributed by atoms with Gasteiger partial charge in [-0.05, 0) is 44.9 Å². The van der Waals surface area contributed by atoms with Crippen molar-refractivity contribution in [2.45, 2.75) is 38.1 Å². The van der Waals surface area contributed by atoms with E-state index in [0.717, 1.165) is 21.8 Å². The molecule has 156 valence electrons. The number of Topliss-reactive ketones (excluding diaryl/α,β-unsaturated/α-hetero) is 1. The van der Waals surface area contributed by atoms with Gasteiger partial charge in [0.05, 0.1) is 17.3 Å². The van der Waals surface area contributed by atoms with Crippen LogP contribution in [0.5, 0.6) is 0 Å². The molecular formula is C21H25NO5S2. The monoisotopic (exact) mass is 435 g/mol. The molecule has 1 saturated heterocycles. The Labute approximate surface area is 175 Å². The number of nitrogens with zero attached hydrogens (tertiary/aromatic N) is 1. The van der Waals surface area contributed by atoms with Gasteiger partial charge in [0.25, 0.3) is 0 Å². The number of thioether (sulfide) groups is 1. The van der Waals surface area contributed by atoms with E-state index in [2.05, 4.69) is 0 Å². The Morgan fingerprint density at radius 1 is 1.21 bits per heavy atom. The summed E-state index contributed by atoms with van der Waals surface area (Å²) < 4.78 is 30.7. The minimum atomic E-state index is -3.02. The Morgan fingerprint density at radius 2 is 1.93 bits per heavy atom. The second kappa shape index (κ2) is 8.75. The standard InChI is InChI=1S/C21H25NO5S2/c1-14-6-4-5-7-20(14)28-12-21(24)27-11-19(23)18-10-15(2)22(16(18)3)17-8-9-29(25,26)13-17/h4-7,10,17H,8-9,11-13H2,1-3H3. The third-order valence-electron chi connectivity index (χ3n) is 5.16. The van der Waals surface area contributed by atoms with Gasteiger partial charge in [-0.2, -0.15) is 0 Å². The Balaban J connectivity index is 1.59. The van der Waals surface area contributed by atoms with Crippen LogP contribution in [0.15, 0.2) is 35.2 Å². The van der Waals surface area contributed by atoms with Gasteiger partial charge < -0.3 is 9.30 Å². The predicted molar refractivity (Wildman–Crippen MR) is 113 cm³/mol. The molecule has 0 aliphatic carbocycles. The van der Waals surface area contributed by atoms with Gasteiger partial charge in [-0.1, -0.05) is 18.2 Å². The maximum atomic E-state index is 12.6. The smallest absolute Gasteiger partial charge is 0.316 e. The van der Waals surface area contributed by atoms with Crippen LogP contribution in [0.2, 0.25) is 0 Å². The normalized spacial score (nSPS) is 18.0. The van der Waals surface area contributed by atoms with Crippen LogP contribution in [0.4, 0.5) is 0 Å². The maximum Gasteiger partial charge on any atom is 0.316 e. The van der Waals surface area contributed by atoms with Crippen molar-refractivity contribution in [2.24, 2.45) is 0 Å². The molecule has 8 heteroatoms. The molecule has 0 N–H and O–H groups in total. The fourth-order valence-corrected chi connectivity index (χ4v) is 6.25. The number of carbonyl (C=O) groups excluding carboxylic acids is 2. The van der Waals surface area contributed by atoms with E-state index in [1.54, 1.807) is 13.0 Å². The number of hydrogen-bond donors (Lipinski definition) is 0. The summed E-state index contributed by atoms with van der Waals surface area (Å²) >= 11 is 1.38. The second-order valence-corrected chi connectivity index (χ2v) is 10.6. The summed E-state index contributed by atoms with van der Waals surface area (Å²) in [6.45, 7) is 5.32. The molecule has 0 amide bonds. The third-order valence-corrected chi connectivity index (χ3v) is 8.06. The molecule has 29 heavy (non-hydrogen) atoms. The van der Waals surface area contributed by atoms with Crippen molar-refractivity contribution in [1.29, 1.82) is 0 Å². The van der Waals surface area contributed by atoms with Crippen LogP contribution in [0.1, 0.15) is 39.8 Å². The molecule has 0 spiro atoms. The quantitative estimate of drug-likeness (QED) is 0.377. The number of rotatable bonds is 7. The largest absolute Gasteiger partial charge is 0.457 e. The number of aryl methyl sites for hydroxylation is 2. The maximum absolute atomic E-state index is 12.6. The molecule has 0 bridgehead atoms. The molecule has 1 aliphatic rings. The highest BCUT2D eigenvalue weighted by molar-refractivity contribution is 8.00. The summed E-state index contributed by atoms with van der Waals surface area (Å²) in [5.74, 6) is -0.311. The molecule has 0 saturated carbocycles. The van der Waals surface area contributed by atoms with Crippen molar-refractivity contribution in [3.05, 3.63) is 52.8 Å². The number of sulfone groups is 1. The molecule has 6 nitrogen and oxygen atoms in total. The molecule has 1 aliphatic heterocycles. The molecule has 1 fully saturated rings. The molecule has 2 aromatic rings. The number of hydrogen-bond acceptors (Lipinski definition) is 6. The van der Waals surface area contributed by atoms with Gasteiger partial charge in [-0.15, -0.1) is 11.8 Å². The van der Waals surface area contributed by atoms with Gasteiger partial charge in [0.15, 0.2) is 16.4 Å². The highest BCUT2D eigenvalue weighted by atomic mass is 32.2. The fraction of sp³-hybridized carbons (Fsp3) is 0.429. The van der Waals surface area contributed by atoms with Gasteiger partial charge in [-0.25, -0.2) is 8.42 Å². The van der Waals surface area contributed by atoms with Gasteiger partial charge in [0.2, 0.25) is 5.78 Å². The lowest BCUT2D eigenvalue weighted by Crippen LogP contribution is -2.17. The molecule has 1 atom stereocenters. The minimum Gasteiger partial charge on any atom is -0.457 e. The average molecular weight is 436 g/mol. The number of ether oxygens (including phenoxy) is 1. The fourth-order valence-electron chi connectivity index (χ4n) is 3.72. The zero-order valence-electron chi connectivity index (χ0n) is 16.8. The van der Waals surface area contributed by atoms with Crippen molar-refractivity contribution < 1.29 is 22.7 Å². The summed E-state index contributed by atoms with van der Waals surface area (Å²) in [5.41, 5.74) is 3.13. The van der Waals surface area contributed by atoms with Crippen LogP contribution in [0.3, 0.4) is 0 Å². The van der Waals surface area contributed by atoms with Crippen molar-refractivity contribution in [2.75, 3.05) is 23.9 Å². The van der Waals surface area contributed by atoms with E-state index in [1.807, 2.05) is 42.7 Å². The molecule has 3 rings (SSSR count). The molecule has 1 aromatic carbocycles. The first kappa shape index (κ1) is 21.6. The minimum absolute atomic E-state index is 0.0993.